The first kappa shape index (κ1) is 25.8. The molecule has 172 valence electrons. The lowest BCUT2D eigenvalue weighted by atomic mass is 9.98. The van der Waals surface area contributed by atoms with Gasteiger partial charge in [0, 0.05) is 33.8 Å². The van der Waals surface area contributed by atoms with Gasteiger partial charge in [0.05, 0.1) is 7.11 Å². The summed E-state index contributed by atoms with van der Waals surface area (Å²) in [7, 11) is 1.32. The van der Waals surface area contributed by atoms with Crippen LogP contribution in [0.3, 0.4) is 0 Å². The van der Waals surface area contributed by atoms with Crippen LogP contribution in [0, 0.1) is 0 Å². The highest BCUT2D eigenvalue weighted by molar-refractivity contribution is 5.69. The van der Waals surface area contributed by atoms with E-state index in [4.69, 9.17) is 23.7 Å². The van der Waals surface area contributed by atoms with Crippen molar-refractivity contribution in [2.75, 3.05) is 20.3 Å². The maximum Gasteiger partial charge on any atom is 0.305 e. The highest BCUT2D eigenvalue weighted by Gasteiger charge is 2.50. The average molecular weight is 434 g/mol. The van der Waals surface area contributed by atoms with Gasteiger partial charge >= 0.3 is 23.9 Å². The van der Waals surface area contributed by atoms with E-state index >= 15 is 0 Å². The molecule has 0 aromatic carbocycles. The fourth-order valence-corrected chi connectivity index (χ4v) is 2.88. The van der Waals surface area contributed by atoms with E-state index in [1.54, 1.807) is 0 Å². The monoisotopic (exact) mass is 434 g/mol. The molecule has 1 N–H and O–H groups in total. The molecule has 0 saturated carbocycles. The van der Waals surface area contributed by atoms with E-state index in [1.807, 2.05) is 0 Å². The van der Waals surface area contributed by atoms with Crippen LogP contribution in [0.15, 0.2) is 0 Å². The first-order chi connectivity index (χ1) is 14.1. The standard InChI is InChI=1S/C19H30O11/c1-11(20)27-10-14-17(28-12(2)21)18(29-13(3)22)16(24)19(30-14)26-9-7-5-6-8-15(23)25-4/h14,16-19,24H,5-10H2,1-4H3/t14-,16-,17-,18-,19+/m1/s1. The molecule has 0 aromatic rings. The van der Waals surface area contributed by atoms with Crippen LogP contribution in [0.25, 0.3) is 0 Å². The summed E-state index contributed by atoms with van der Waals surface area (Å²) >= 11 is 0. The van der Waals surface area contributed by atoms with Gasteiger partial charge in [-0.25, -0.2) is 0 Å². The van der Waals surface area contributed by atoms with Gasteiger partial charge in [-0.1, -0.05) is 6.42 Å². The fourth-order valence-electron chi connectivity index (χ4n) is 2.88. The second kappa shape index (κ2) is 13.1. The molecule has 1 aliphatic heterocycles. The fraction of sp³-hybridized carbons (Fsp3) is 0.789. The smallest absolute Gasteiger partial charge is 0.305 e. The number of hydrogen-bond acceptors (Lipinski definition) is 11. The SMILES string of the molecule is COC(=O)CCCCCO[C@H]1O[C@H](COC(C)=O)[C@@H](OC(C)=O)[C@H](OC(C)=O)[C@H]1O. The van der Waals surface area contributed by atoms with E-state index < -0.39 is 48.6 Å². The Morgan fingerprint density at radius 1 is 0.900 bits per heavy atom. The van der Waals surface area contributed by atoms with E-state index in [0.717, 1.165) is 13.8 Å². The first-order valence-electron chi connectivity index (χ1n) is 9.65. The Balaban J connectivity index is 2.76. The molecular weight excluding hydrogens is 404 g/mol. The molecule has 0 aromatic heterocycles. The maximum absolute atomic E-state index is 11.5. The Labute approximate surface area is 174 Å². The third-order valence-corrected chi connectivity index (χ3v) is 4.20. The van der Waals surface area contributed by atoms with Gasteiger partial charge in [-0.2, -0.15) is 0 Å². The molecule has 0 spiro atoms. The summed E-state index contributed by atoms with van der Waals surface area (Å²) in [5.41, 5.74) is 0. The Bertz CT molecular complexity index is 591. The van der Waals surface area contributed by atoms with Crippen LogP contribution in [-0.4, -0.2) is 80.0 Å². The van der Waals surface area contributed by atoms with Crippen molar-refractivity contribution in [2.45, 2.75) is 77.2 Å². The molecule has 1 saturated heterocycles. The summed E-state index contributed by atoms with van der Waals surface area (Å²) in [6.45, 7) is 3.39. The van der Waals surface area contributed by atoms with E-state index in [0.29, 0.717) is 25.7 Å². The van der Waals surface area contributed by atoms with E-state index in [2.05, 4.69) is 4.74 Å². The van der Waals surface area contributed by atoms with Gasteiger partial charge in [-0.3, -0.25) is 19.2 Å². The largest absolute Gasteiger partial charge is 0.469 e. The lowest BCUT2D eigenvalue weighted by Crippen LogP contribution is -2.61. The summed E-state index contributed by atoms with van der Waals surface area (Å²) in [6.07, 6.45) is -3.97. The van der Waals surface area contributed by atoms with Gasteiger partial charge in [0.25, 0.3) is 0 Å². The van der Waals surface area contributed by atoms with Crippen molar-refractivity contribution in [1.82, 2.24) is 0 Å². The Kier molecular flexibility index (Phi) is 11.3. The van der Waals surface area contributed by atoms with E-state index in [9.17, 15) is 24.3 Å². The number of carbonyl (C=O) groups is 4. The number of methoxy groups -OCH3 is 1. The molecule has 5 atom stereocenters. The van der Waals surface area contributed by atoms with E-state index in [-0.39, 0.29) is 19.2 Å². The van der Waals surface area contributed by atoms with Crippen molar-refractivity contribution in [3.05, 3.63) is 0 Å². The first-order valence-corrected chi connectivity index (χ1v) is 9.65. The number of aliphatic hydroxyl groups excluding tert-OH is 1. The van der Waals surface area contributed by atoms with Gasteiger partial charge in [0.15, 0.2) is 18.5 Å². The molecule has 0 unspecified atom stereocenters. The van der Waals surface area contributed by atoms with Gasteiger partial charge < -0.3 is 33.5 Å². The van der Waals surface area contributed by atoms with Crippen molar-refractivity contribution in [3.8, 4) is 0 Å². The second-order valence-electron chi connectivity index (χ2n) is 6.74. The molecule has 0 aliphatic carbocycles. The van der Waals surface area contributed by atoms with Crippen LogP contribution < -0.4 is 0 Å². The molecule has 11 nitrogen and oxygen atoms in total. The number of aliphatic hydroxyl groups is 1. The topological polar surface area (TPSA) is 144 Å². The van der Waals surface area contributed by atoms with Crippen LogP contribution in [0.4, 0.5) is 0 Å². The molecule has 1 heterocycles. The molecule has 1 rings (SSSR count). The second-order valence-corrected chi connectivity index (χ2v) is 6.74. The zero-order valence-corrected chi connectivity index (χ0v) is 17.7. The highest BCUT2D eigenvalue weighted by Crippen LogP contribution is 2.27. The molecule has 30 heavy (non-hydrogen) atoms. The molecule has 0 amide bonds. The lowest BCUT2D eigenvalue weighted by Gasteiger charge is -2.42. The number of esters is 4. The lowest BCUT2D eigenvalue weighted by molar-refractivity contribution is -0.305. The maximum atomic E-state index is 11.5. The van der Waals surface area contributed by atoms with Crippen LogP contribution in [-0.2, 0) is 47.6 Å². The van der Waals surface area contributed by atoms with Gasteiger partial charge in [-0.15, -0.1) is 0 Å². The normalized spacial score (nSPS) is 25.8. The van der Waals surface area contributed by atoms with Crippen LogP contribution in [0.1, 0.15) is 46.5 Å². The predicted molar refractivity (Wildman–Crippen MR) is 98.8 cm³/mol. The van der Waals surface area contributed by atoms with Gasteiger partial charge in [0.2, 0.25) is 0 Å². The Morgan fingerprint density at radius 2 is 1.53 bits per heavy atom. The van der Waals surface area contributed by atoms with Crippen molar-refractivity contribution < 1.29 is 52.7 Å². The van der Waals surface area contributed by atoms with Gasteiger partial charge in [0.1, 0.15) is 18.8 Å². The number of rotatable bonds is 11. The van der Waals surface area contributed by atoms with E-state index in [1.165, 1.54) is 14.0 Å². The number of unbranched alkanes of at least 4 members (excludes halogenated alkanes) is 2. The van der Waals surface area contributed by atoms with Crippen LogP contribution in [0.5, 0.6) is 0 Å². The zero-order chi connectivity index (χ0) is 22.7. The summed E-state index contributed by atoms with van der Waals surface area (Å²) in [6, 6.07) is 0. The minimum atomic E-state index is -1.44. The van der Waals surface area contributed by atoms with Crippen LogP contribution >= 0.6 is 0 Å². The van der Waals surface area contributed by atoms with Crippen LogP contribution in [0.2, 0.25) is 0 Å². The summed E-state index contributed by atoms with van der Waals surface area (Å²) in [5, 5.41) is 10.6. The third-order valence-electron chi connectivity index (χ3n) is 4.20. The van der Waals surface area contributed by atoms with Crippen molar-refractivity contribution in [2.24, 2.45) is 0 Å². The number of hydrogen-bond donors (Lipinski definition) is 1. The van der Waals surface area contributed by atoms with Crippen molar-refractivity contribution in [1.29, 1.82) is 0 Å². The summed E-state index contributed by atoms with van der Waals surface area (Å²) in [4.78, 5) is 45.3. The minimum absolute atomic E-state index is 0.189. The summed E-state index contributed by atoms with van der Waals surface area (Å²) < 4.78 is 31.0. The molecular formula is C19H30O11. The summed E-state index contributed by atoms with van der Waals surface area (Å²) in [5.74, 6) is -2.27. The molecule has 0 bridgehead atoms. The third kappa shape index (κ3) is 9.06. The Morgan fingerprint density at radius 3 is 2.10 bits per heavy atom. The predicted octanol–water partition coefficient (Wildman–Crippen LogP) is 0.249. The molecule has 1 aliphatic rings. The number of ether oxygens (including phenoxy) is 6. The average Bonchev–Trinajstić information content (AvgIpc) is 2.66. The molecule has 11 heteroatoms. The van der Waals surface area contributed by atoms with Crippen molar-refractivity contribution >= 4 is 23.9 Å². The minimum Gasteiger partial charge on any atom is -0.469 e. The molecule has 0 radical (unpaired) electrons. The number of carbonyl (C=O) groups excluding carboxylic acids is 4. The zero-order valence-electron chi connectivity index (χ0n) is 17.7. The van der Waals surface area contributed by atoms with Gasteiger partial charge in [-0.05, 0) is 12.8 Å². The highest BCUT2D eigenvalue weighted by atomic mass is 16.7. The van der Waals surface area contributed by atoms with Crippen molar-refractivity contribution in [3.63, 3.8) is 0 Å². The quantitative estimate of drug-likeness (QED) is 0.271. The molecule has 1 fully saturated rings. The Hall–Kier alpha value is -2.24.